The van der Waals surface area contributed by atoms with Crippen molar-refractivity contribution in [3.8, 4) is 0 Å². The van der Waals surface area contributed by atoms with Crippen LogP contribution in [-0.2, 0) is 9.47 Å². The number of nitrogens with one attached hydrogen (secondary N) is 1. The maximum Gasteiger partial charge on any atom is 0.211 e. The maximum absolute atomic E-state index is 12.5. The topological polar surface area (TPSA) is 90.6 Å². The lowest BCUT2D eigenvalue weighted by molar-refractivity contribution is -0.223. The second-order valence-corrected chi connectivity index (χ2v) is 7.28. The largest absolute Gasteiger partial charge is 0.394 e. The van der Waals surface area contributed by atoms with Crippen LogP contribution in [0.5, 0.6) is 0 Å². The third kappa shape index (κ3) is 3.75. The zero-order chi connectivity index (χ0) is 18.0. The summed E-state index contributed by atoms with van der Waals surface area (Å²) in [5.74, 6) is -0.543. The Labute approximate surface area is 147 Å². The number of nitrogens with two attached hydrogens (primary N) is 1. The predicted octanol–water partition coefficient (Wildman–Crippen LogP) is 2.00. The fourth-order valence-corrected chi connectivity index (χ4v) is 2.95. The highest BCUT2D eigenvalue weighted by atomic mass is 16.7. The van der Waals surface area contributed by atoms with Crippen molar-refractivity contribution in [3.63, 3.8) is 0 Å². The molecule has 6 heteroatoms. The highest BCUT2D eigenvalue weighted by molar-refractivity contribution is 6.26. The molecular weight excluding hydrogens is 320 g/mol. The van der Waals surface area contributed by atoms with Gasteiger partial charge >= 0.3 is 0 Å². The van der Waals surface area contributed by atoms with E-state index in [0.717, 1.165) is 12.8 Å². The molecule has 0 unspecified atom stereocenters. The number of benzene rings is 1. The normalized spacial score (nSPS) is 20.6. The van der Waals surface area contributed by atoms with Gasteiger partial charge in [0.25, 0.3) is 0 Å². The summed E-state index contributed by atoms with van der Waals surface area (Å²) >= 11 is 0. The molecular formula is C19H24N2O4. The molecule has 0 saturated carbocycles. The highest BCUT2D eigenvalue weighted by Crippen LogP contribution is 2.25. The zero-order valence-corrected chi connectivity index (χ0v) is 14.6. The first-order chi connectivity index (χ1) is 11.9. The number of ether oxygens (including phenoxy) is 2. The van der Waals surface area contributed by atoms with Gasteiger partial charge in [0.1, 0.15) is 11.4 Å². The van der Waals surface area contributed by atoms with Gasteiger partial charge in [-0.05, 0) is 6.42 Å². The number of carbonyl (C=O) groups excluding carboxylic acids is 2. The van der Waals surface area contributed by atoms with Crippen LogP contribution in [0.2, 0.25) is 0 Å². The second-order valence-electron chi connectivity index (χ2n) is 7.28. The Morgan fingerprint density at radius 2 is 1.72 bits per heavy atom. The first-order valence-electron chi connectivity index (χ1n) is 8.54. The van der Waals surface area contributed by atoms with Crippen molar-refractivity contribution in [2.24, 2.45) is 11.1 Å². The van der Waals surface area contributed by atoms with E-state index >= 15 is 0 Å². The minimum absolute atomic E-state index is 0.0179. The summed E-state index contributed by atoms with van der Waals surface area (Å²) < 4.78 is 11.4. The third-order valence-electron chi connectivity index (χ3n) is 4.40. The first kappa shape index (κ1) is 17.6. The minimum Gasteiger partial charge on any atom is -0.394 e. The van der Waals surface area contributed by atoms with Gasteiger partial charge in [-0.1, -0.05) is 38.1 Å². The Hall–Kier alpha value is -2.18. The standard InChI is InChI=1S/C19H24N2O4/c1-19(2)10-24-14(25-11-19)8-5-9-21-16-15(20)17(22)12-6-3-4-7-13(12)18(16)23/h3-4,6-7,14,21H,5,8-11,20H2,1-2H3. The van der Waals surface area contributed by atoms with Crippen LogP contribution in [0.25, 0.3) is 0 Å². The summed E-state index contributed by atoms with van der Waals surface area (Å²) in [6.45, 7) is 6.07. The average molecular weight is 344 g/mol. The molecule has 1 aromatic rings. The number of fused-ring (bicyclic) bond motifs is 1. The number of carbonyl (C=O) groups is 2. The molecule has 1 fully saturated rings. The number of Topliss-reactive ketones (excluding diaryl/α,β-unsaturated/α-hetero) is 2. The molecule has 0 radical (unpaired) electrons. The van der Waals surface area contributed by atoms with Gasteiger partial charge in [-0.15, -0.1) is 0 Å². The van der Waals surface area contributed by atoms with Gasteiger partial charge in [-0.25, -0.2) is 0 Å². The molecule has 0 aromatic heterocycles. The van der Waals surface area contributed by atoms with E-state index in [0.29, 0.717) is 30.9 Å². The molecule has 1 aromatic carbocycles. The monoisotopic (exact) mass is 344 g/mol. The van der Waals surface area contributed by atoms with Crippen LogP contribution in [0, 0.1) is 5.41 Å². The van der Waals surface area contributed by atoms with Crippen molar-refractivity contribution >= 4 is 11.6 Å². The summed E-state index contributed by atoms with van der Waals surface area (Å²) in [6.07, 6.45) is 1.24. The number of rotatable bonds is 5. The van der Waals surface area contributed by atoms with E-state index in [-0.39, 0.29) is 34.7 Å². The van der Waals surface area contributed by atoms with Gasteiger partial charge in [0.05, 0.1) is 13.2 Å². The SMILES string of the molecule is CC1(C)COC(CCCNC2=C(N)C(=O)c3ccccc3C2=O)OC1. The number of hydrogen-bond acceptors (Lipinski definition) is 6. The molecule has 0 amide bonds. The fourth-order valence-electron chi connectivity index (χ4n) is 2.95. The van der Waals surface area contributed by atoms with E-state index in [1.54, 1.807) is 24.3 Å². The van der Waals surface area contributed by atoms with Crippen LogP contribution in [0.4, 0.5) is 0 Å². The summed E-state index contributed by atoms with van der Waals surface area (Å²) in [5, 5.41) is 3.02. The van der Waals surface area contributed by atoms with Gasteiger partial charge in [-0.3, -0.25) is 9.59 Å². The Morgan fingerprint density at radius 1 is 1.12 bits per heavy atom. The average Bonchev–Trinajstić information content (AvgIpc) is 2.60. The van der Waals surface area contributed by atoms with Gasteiger partial charge in [0.15, 0.2) is 6.29 Å². The van der Waals surface area contributed by atoms with Crippen molar-refractivity contribution < 1.29 is 19.1 Å². The van der Waals surface area contributed by atoms with Crippen LogP contribution in [-0.4, -0.2) is 37.6 Å². The molecule has 3 rings (SSSR count). The fraction of sp³-hybridized carbons (Fsp3) is 0.474. The van der Waals surface area contributed by atoms with Gasteiger partial charge in [0, 0.05) is 29.5 Å². The summed E-state index contributed by atoms with van der Waals surface area (Å²) in [6, 6.07) is 6.73. The molecule has 25 heavy (non-hydrogen) atoms. The quantitative estimate of drug-likeness (QED) is 0.794. The van der Waals surface area contributed by atoms with Crippen molar-refractivity contribution in [2.45, 2.75) is 33.0 Å². The third-order valence-corrected chi connectivity index (χ3v) is 4.40. The molecule has 0 bridgehead atoms. The molecule has 1 aliphatic carbocycles. The molecule has 2 aliphatic rings. The lowest BCUT2D eigenvalue weighted by Gasteiger charge is -2.34. The molecule has 0 spiro atoms. The highest BCUT2D eigenvalue weighted by Gasteiger charge is 2.31. The van der Waals surface area contributed by atoms with Gasteiger partial charge in [0.2, 0.25) is 11.6 Å². The molecule has 1 aliphatic heterocycles. The molecule has 1 heterocycles. The lowest BCUT2D eigenvalue weighted by Crippen LogP contribution is -2.38. The Kier molecular flexibility index (Phi) is 4.92. The Morgan fingerprint density at radius 3 is 2.36 bits per heavy atom. The van der Waals surface area contributed by atoms with Crippen LogP contribution < -0.4 is 11.1 Å². The van der Waals surface area contributed by atoms with Gasteiger partial charge < -0.3 is 20.5 Å². The van der Waals surface area contributed by atoms with E-state index in [1.807, 2.05) is 0 Å². The molecule has 0 atom stereocenters. The summed E-state index contributed by atoms with van der Waals surface area (Å²) in [7, 11) is 0. The maximum atomic E-state index is 12.5. The second kappa shape index (κ2) is 6.98. The van der Waals surface area contributed by atoms with E-state index in [2.05, 4.69) is 19.2 Å². The van der Waals surface area contributed by atoms with E-state index in [1.165, 1.54) is 0 Å². The molecule has 134 valence electrons. The predicted molar refractivity (Wildman–Crippen MR) is 93.0 cm³/mol. The Balaban J connectivity index is 1.54. The van der Waals surface area contributed by atoms with Crippen LogP contribution in [0.1, 0.15) is 47.4 Å². The van der Waals surface area contributed by atoms with Crippen LogP contribution in [0.3, 0.4) is 0 Å². The van der Waals surface area contributed by atoms with Crippen LogP contribution >= 0.6 is 0 Å². The smallest absolute Gasteiger partial charge is 0.211 e. The van der Waals surface area contributed by atoms with Crippen molar-refractivity contribution in [2.75, 3.05) is 19.8 Å². The molecule has 1 saturated heterocycles. The molecule has 3 N–H and O–H groups in total. The summed E-state index contributed by atoms with van der Waals surface area (Å²) in [4.78, 5) is 24.8. The summed E-state index contributed by atoms with van der Waals surface area (Å²) in [5.41, 5.74) is 6.86. The minimum atomic E-state index is -0.307. The lowest BCUT2D eigenvalue weighted by atomic mass is 9.90. The first-order valence-corrected chi connectivity index (χ1v) is 8.54. The molecule has 6 nitrogen and oxygen atoms in total. The zero-order valence-electron chi connectivity index (χ0n) is 14.6. The number of ketones is 2. The number of allylic oxidation sites excluding steroid dienone is 2. The van der Waals surface area contributed by atoms with Gasteiger partial charge in [-0.2, -0.15) is 0 Å². The van der Waals surface area contributed by atoms with Crippen LogP contribution in [0.15, 0.2) is 35.7 Å². The van der Waals surface area contributed by atoms with Crippen molar-refractivity contribution in [1.82, 2.24) is 5.32 Å². The van der Waals surface area contributed by atoms with E-state index < -0.39 is 0 Å². The van der Waals surface area contributed by atoms with Crippen molar-refractivity contribution in [1.29, 1.82) is 0 Å². The van der Waals surface area contributed by atoms with E-state index in [4.69, 9.17) is 15.2 Å². The van der Waals surface area contributed by atoms with Crippen molar-refractivity contribution in [3.05, 3.63) is 46.8 Å². The number of hydrogen-bond donors (Lipinski definition) is 2. The Bertz CT molecular complexity index is 714. The van der Waals surface area contributed by atoms with E-state index in [9.17, 15) is 9.59 Å².